The molecular weight excluding hydrogens is 487 g/mol. The van der Waals surface area contributed by atoms with Gasteiger partial charge >= 0.3 is 0 Å². The minimum Gasteiger partial charge on any atom is -0.394 e. The first-order chi connectivity index (χ1) is 21.6. The molecule has 2 aliphatic carbocycles. The highest BCUT2D eigenvalue weighted by atomic mass is 32.2. The molecule has 2 heterocycles. The van der Waals surface area contributed by atoms with Gasteiger partial charge in [-0.25, -0.2) is 19.0 Å². The number of nitrogens with zero attached hydrogens (tertiary/aromatic N) is 5. The van der Waals surface area contributed by atoms with Crippen molar-refractivity contribution in [3.63, 3.8) is 0 Å². The van der Waals surface area contributed by atoms with E-state index in [4.69, 9.17) is 19.8 Å². The van der Waals surface area contributed by atoms with Crippen LogP contribution < -0.4 is 5.32 Å². The van der Waals surface area contributed by atoms with Crippen molar-refractivity contribution >= 4 is 28.7 Å². The molecule has 3 aromatic rings. The number of thioether (sulfide) groups is 1. The van der Waals surface area contributed by atoms with Gasteiger partial charge in [-0.15, -0.1) is 5.10 Å². The van der Waals surface area contributed by atoms with E-state index in [0.717, 1.165) is 16.4 Å². The predicted octanol–water partition coefficient (Wildman–Crippen LogP) is 2.18. The number of aliphatic hydroxyl groups is 3. The second-order valence-electron chi connectivity index (χ2n) is 8.25. The minimum atomic E-state index is -3.45. The third kappa shape index (κ3) is 4.92. The zero-order chi connectivity index (χ0) is 35.2. The number of ether oxygens (including phenoxy) is 1. The van der Waals surface area contributed by atoms with Crippen LogP contribution in [0, 0.1) is 12.7 Å². The average Bonchev–Trinajstić information content (AvgIpc) is 3.35. The van der Waals surface area contributed by atoms with Crippen molar-refractivity contribution in [2.45, 2.75) is 74.5 Å². The molecule has 5 rings (SSSR count). The number of anilines is 1. The van der Waals surface area contributed by atoms with Crippen molar-refractivity contribution in [2.75, 3.05) is 24.2 Å². The van der Waals surface area contributed by atoms with Gasteiger partial charge in [0.25, 0.3) is 0 Å². The maximum Gasteiger partial charge on any atom is 0.191 e. The summed E-state index contributed by atoms with van der Waals surface area (Å²) in [6.45, 7) is -3.66. The van der Waals surface area contributed by atoms with Gasteiger partial charge in [-0.2, -0.15) is 0 Å². The van der Waals surface area contributed by atoms with Crippen molar-refractivity contribution in [1.29, 1.82) is 0 Å². The zero-order valence-corrected chi connectivity index (χ0v) is 20.0. The third-order valence-electron chi connectivity index (χ3n) is 5.78. The molecule has 0 saturated heterocycles. The smallest absolute Gasteiger partial charge is 0.191 e. The van der Waals surface area contributed by atoms with E-state index >= 15 is 0 Å². The summed E-state index contributed by atoms with van der Waals surface area (Å²) in [4.78, 5) is 8.77. The standard InChI is InChI=1S/C24H31FN6O4S/c1-3-8-36-24-27-22(26-16-10-14(16)13-5-4-12(2)15(25)9-13)19-23(28-24)31(30-29-19)17-11-18(35-7-6-32)21(34)20(17)33/h4-5,9,14,16-18,20-21,32-34H,3,6-8,10-11H2,1-2H3,(H,26,27,28)/t14-,16+,17+,18-,20-,21+/m0/s1/i4D,5D,6D2,7D2,9D,10D2,14D,16D. The largest absolute Gasteiger partial charge is 0.394 e. The van der Waals surface area contributed by atoms with Crippen LogP contribution in [-0.4, -0.2) is 83.5 Å². The number of benzene rings is 1. The lowest BCUT2D eigenvalue weighted by Crippen LogP contribution is -2.33. The molecule has 0 aliphatic heterocycles. The normalized spacial score (nSPS) is 38.3. The van der Waals surface area contributed by atoms with Gasteiger partial charge in [0, 0.05) is 28.2 Å². The van der Waals surface area contributed by atoms with E-state index in [1.54, 1.807) is 0 Å². The molecule has 12 heteroatoms. The molecule has 2 fully saturated rings. The number of hydrogen-bond acceptors (Lipinski definition) is 10. The second-order valence-corrected chi connectivity index (χ2v) is 9.31. The van der Waals surface area contributed by atoms with Gasteiger partial charge in [-0.3, -0.25) is 0 Å². The molecule has 6 atom stereocenters. The van der Waals surface area contributed by atoms with Gasteiger partial charge in [-0.1, -0.05) is 36.0 Å². The summed E-state index contributed by atoms with van der Waals surface area (Å²) < 4.78 is 111. The Balaban J connectivity index is 1.57. The van der Waals surface area contributed by atoms with Gasteiger partial charge in [0.05, 0.1) is 36.2 Å². The Morgan fingerprint density at radius 2 is 2.22 bits per heavy atom. The Bertz CT molecular complexity index is 1710. The van der Waals surface area contributed by atoms with E-state index < -0.39 is 85.3 Å². The molecular formula is C24H31FN6O4S. The molecule has 36 heavy (non-hydrogen) atoms. The van der Waals surface area contributed by atoms with Crippen LogP contribution >= 0.6 is 11.8 Å². The molecule has 2 aromatic heterocycles. The fourth-order valence-corrected chi connectivity index (χ4v) is 4.57. The maximum absolute atomic E-state index is 14.9. The fourth-order valence-electron chi connectivity index (χ4n) is 3.87. The van der Waals surface area contributed by atoms with Crippen LogP contribution in [0.25, 0.3) is 11.2 Å². The summed E-state index contributed by atoms with van der Waals surface area (Å²) in [6, 6.07) is -6.30. The van der Waals surface area contributed by atoms with Crippen LogP contribution in [0.5, 0.6) is 0 Å². The lowest BCUT2D eigenvalue weighted by atomic mass is 10.1. The van der Waals surface area contributed by atoms with Crippen LogP contribution in [0.15, 0.2) is 23.3 Å². The topological polar surface area (TPSA) is 138 Å². The van der Waals surface area contributed by atoms with Crippen LogP contribution in [-0.2, 0) is 4.74 Å². The number of fused-ring (bicyclic) bond motifs is 1. The number of aromatic nitrogens is 5. The van der Waals surface area contributed by atoms with Gasteiger partial charge in [0.2, 0.25) is 0 Å². The van der Waals surface area contributed by atoms with E-state index in [1.807, 2.05) is 6.92 Å². The maximum atomic E-state index is 14.9. The highest BCUT2D eigenvalue weighted by molar-refractivity contribution is 7.99. The highest BCUT2D eigenvalue weighted by Crippen LogP contribution is 2.44. The molecule has 194 valence electrons. The first-order valence-corrected chi connectivity index (χ1v) is 12.1. The lowest BCUT2D eigenvalue weighted by molar-refractivity contribution is -0.0629. The van der Waals surface area contributed by atoms with E-state index in [1.165, 1.54) is 6.92 Å². The van der Waals surface area contributed by atoms with Crippen molar-refractivity contribution < 1.29 is 39.5 Å². The van der Waals surface area contributed by atoms with E-state index in [0.29, 0.717) is 12.2 Å². The predicted molar refractivity (Wildman–Crippen MR) is 133 cm³/mol. The molecule has 2 saturated carbocycles. The van der Waals surface area contributed by atoms with E-state index in [9.17, 15) is 19.7 Å². The van der Waals surface area contributed by atoms with Crippen LogP contribution in [0.3, 0.4) is 0 Å². The van der Waals surface area contributed by atoms with Gasteiger partial charge in [0.15, 0.2) is 22.1 Å². The molecule has 0 unspecified atom stereocenters. The van der Waals surface area contributed by atoms with Crippen LogP contribution in [0.4, 0.5) is 10.2 Å². The van der Waals surface area contributed by atoms with Crippen molar-refractivity contribution in [3.05, 3.63) is 35.1 Å². The monoisotopic (exact) mass is 529 g/mol. The first kappa shape index (κ1) is 15.1. The van der Waals surface area contributed by atoms with Crippen molar-refractivity contribution in [1.82, 2.24) is 25.0 Å². The molecule has 0 bridgehead atoms. The Morgan fingerprint density at radius 1 is 1.39 bits per heavy atom. The van der Waals surface area contributed by atoms with Gasteiger partial charge in [-0.05, 0) is 36.9 Å². The summed E-state index contributed by atoms with van der Waals surface area (Å²) in [5.41, 5.74) is -1.42. The summed E-state index contributed by atoms with van der Waals surface area (Å²) in [5, 5.41) is 41.6. The third-order valence-corrected chi connectivity index (χ3v) is 6.83. The summed E-state index contributed by atoms with van der Waals surface area (Å²) in [6.07, 6.45) is -7.50. The Kier molecular flexibility index (Phi) is 4.43. The number of nitrogens with one attached hydrogen (secondary N) is 1. The molecule has 0 amide bonds. The van der Waals surface area contributed by atoms with Crippen LogP contribution in [0.2, 0.25) is 0 Å². The Hall–Kier alpha value is -2.38. The number of hydrogen-bond donors (Lipinski definition) is 4. The summed E-state index contributed by atoms with van der Waals surface area (Å²) >= 11 is 1.15. The SMILES string of the molecule is [2H]c1c([2H])c([C@]2([2H])C([2H])([2H])[C@@]2([2H])Nc2nc(SCCC)nc3c2nnn3[C@@H]2C[C@H](OC([2H])([2H])C([2H])([2H])O)[C@@H](O)[C@H]2O)c([2H])c(F)c1C. The van der Waals surface area contributed by atoms with Gasteiger partial charge < -0.3 is 25.4 Å². The zero-order valence-electron chi connectivity index (χ0n) is 30.2. The van der Waals surface area contributed by atoms with Crippen LogP contribution in [0.1, 0.15) is 64.3 Å². The number of rotatable bonds is 10. The van der Waals surface area contributed by atoms with E-state index in [-0.39, 0.29) is 34.1 Å². The average molecular weight is 530 g/mol. The molecule has 1 aromatic carbocycles. The molecule has 4 N–H and O–H groups in total. The quantitative estimate of drug-likeness (QED) is 0.228. The summed E-state index contributed by atoms with van der Waals surface area (Å²) in [7, 11) is 0. The minimum absolute atomic E-state index is 0.0635. The van der Waals surface area contributed by atoms with Gasteiger partial charge in [0.1, 0.15) is 18.0 Å². The molecule has 0 spiro atoms. The number of halogens is 1. The lowest BCUT2D eigenvalue weighted by Gasteiger charge is -2.17. The summed E-state index contributed by atoms with van der Waals surface area (Å²) in [5.74, 6) is -3.79. The van der Waals surface area contributed by atoms with E-state index in [2.05, 4.69) is 25.6 Å². The Labute approximate surface area is 227 Å². The first-order valence-electron chi connectivity index (χ1n) is 16.6. The van der Waals surface area contributed by atoms with Crippen molar-refractivity contribution in [2.24, 2.45) is 0 Å². The highest BCUT2D eigenvalue weighted by Gasteiger charge is 2.45. The molecule has 0 radical (unpaired) electrons. The Morgan fingerprint density at radius 3 is 3.00 bits per heavy atom. The fraction of sp³-hybridized carbons (Fsp3) is 0.583. The molecule has 10 nitrogen and oxygen atoms in total. The molecule has 2 aliphatic rings. The second kappa shape index (κ2) is 10.5. The number of aliphatic hydroxyl groups excluding tert-OH is 2. The van der Waals surface area contributed by atoms with Crippen molar-refractivity contribution in [3.8, 4) is 0 Å².